The van der Waals surface area contributed by atoms with E-state index in [0.29, 0.717) is 12.0 Å². The lowest BCUT2D eigenvalue weighted by atomic mass is 10.1. The van der Waals surface area contributed by atoms with E-state index in [0.717, 1.165) is 44.3 Å². The van der Waals surface area contributed by atoms with Gasteiger partial charge in [-0.2, -0.15) is 4.98 Å². The lowest BCUT2D eigenvalue weighted by Crippen LogP contribution is -2.38. The summed E-state index contributed by atoms with van der Waals surface area (Å²) in [4.78, 5) is 11.1. The molecule has 1 aliphatic heterocycles. The number of aromatic nitrogens is 2. The summed E-state index contributed by atoms with van der Waals surface area (Å²) in [6, 6.07) is 0. The molecule has 1 aliphatic carbocycles. The van der Waals surface area contributed by atoms with E-state index in [1.165, 1.54) is 25.7 Å². The molecule has 1 saturated carbocycles. The molecule has 0 aromatic carbocycles. The number of hydrogen-bond donors (Lipinski definition) is 0. The first-order chi connectivity index (χ1) is 11.2. The molecule has 0 unspecified atom stereocenters. The third kappa shape index (κ3) is 4.80. The third-order valence-corrected chi connectivity index (χ3v) is 4.76. The first-order valence-corrected chi connectivity index (χ1v) is 9.06. The van der Waals surface area contributed by atoms with E-state index >= 15 is 0 Å². The van der Waals surface area contributed by atoms with Crippen LogP contribution in [0.5, 0.6) is 5.88 Å². The number of anilines is 1. The minimum atomic E-state index is 0.120. The molecular weight excluding hydrogens is 290 g/mol. The fourth-order valence-corrected chi connectivity index (χ4v) is 3.49. The Balaban J connectivity index is 1.46. The normalized spacial score (nSPS) is 20.4. The summed E-state index contributed by atoms with van der Waals surface area (Å²) in [5.41, 5.74) is 0. The van der Waals surface area contributed by atoms with E-state index in [-0.39, 0.29) is 6.10 Å². The molecule has 0 bridgehead atoms. The minimum Gasteiger partial charge on any atom is -0.474 e. The molecule has 1 saturated heterocycles. The fraction of sp³-hybridized carbons (Fsp3) is 0.778. The molecule has 1 aromatic heterocycles. The van der Waals surface area contributed by atoms with Gasteiger partial charge in [0.05, 0.1) is 24.6 Å². The summed E-state index contributed by atoms with van der Waals surface area (Å²) in [5, 5.41) is 0. The molecule has 0 atom stereocenters. The molecule has 5 nitrogen and oxygen atoms in total. The summed E-state index contributed by atoms with van der Waals surface area (Å²) >= 11 is 0. The Hall–Kier alpha value is -1.36. The van der Waals surface area contributed by atoms with Crippen LogP contribution in [0, 0.1) is 5.92 Å². The molecule has 2 aliphatic rings. The quantitative estimate of drug-likeness (QED) is 0.804. The standard InChI is InChI=1S/C18H29N3O2/c1-14(2)23-18-12-19-11-17(20-18)21-9-7-16(8-10-21)22-13-15-5-3-4-6-15/h11-12,14-16H,3-10,13H2,1-2H3. The second-order valence-corrected chi connectivity index (χ2v) is 7.05. The maximum atomic E-state index is 6.14. The van der Waals surface area contributed by atoms with Gasteiger partial charge in [0, 0.05) is 19.7 Å². The molecule has 23 heavy (non-hydrogen) atoms. The van der Waals surface area contributed by atoms with Crippen LogP contribution in [0.2, 0.25) is 0 Å². The van der Waals surface area contributed by atoms with Crippen LogP contribution < -0.4 is 9.64 Å². The Morgan fingerprint density at radius 2 is 1.87 bits per heavy atom. The van der Waals surface area contributed by atoms with E-state index in [1.54, 1.807) is 6.20 Å². The SMILES string of the molecule is CC(C)Oc1cncc(N2CCC(OCC3CCCC3)CC2)n1. The van der Waals surface area contributed by atoms with Gasteiger partial charge in [-0.05, 0) is 45.4 Å². The predicted octanol–water partition coefficient (Wildman–Crippen LogP) is 3.44. The van der Waals surface area contributed by atoms with Gasteiger partial charge in [-0.3, -0.25) is 4.98 Å². The van der Waals surface area contributed by atoms with Crippen molar-refractivity contribution in [2.45, 2.75) is 64.6 Å². The summed E-state index contributed by atoms with van der Waals surface area (Å²) in [6.45, 7) is 6.93. The van der Waals surface area contributed by atoms with Crippen molar-refractivity contribution in [3.8, 4) is 5.88 Å². The van der Waals surface area contributed by atoms with Crippen molar-refractivity contribution in [1.82, 2.24) is 9.97 Å². The topological polar surface area (TPSA) is 47.5 Å². The summed E-state index contributed by atoms with van der Waals surface area (Å²) in [7, 11) is 0. The molecular formula is C18H29N3O2. The second-order valence-electron chi connectivity index (χ2n) is 7.05. The molecule has 5 heteroatoms. The van der Waals surface area contributed by atoms with Crippen LogP contribution in [-0.4, -0.2) is 41.9 Å². The highest BCUT2D eigenvalue weighted by molar-refractivity contribution is 5.38. The zero-order chi connectivity index (χ0) is 16.1. The van der Waals surface area contributed by atoms with Crippen LogP contribution in [0.25, 0.3) is 0 Å². The van der Waals surface area contributed by atoms with E-state index in [2.05, 4.69) is 14.9 Å². The molecule has 2 heterocycles. The highest BCUT2D eigenvalue weighted by Gasteiger charge is 2.23. The molecule has 0 radical (unpaired) electrons. The van der Waals surface area contributed by atoms with Gasteiger partial charge in [0.2, 0.25) is 5.88 Å². The molecule has 3 rings (SSSR count). The zero-order valence-electron chi connectivity index (χ0n) is 14.4. The molecule has 1 aromatic rings. The number of nitrogens with zero attached hydrogens (tertiary/aromatic N) is 3. The number of hydrogen-bond acceptors (Lipinski definition) is 5. The monoisotopic (exact) mass is 319 g/mol. The van der Waals surface area contributed by atoms with E-state index in [9.17, 15) is 0 Å². The zero-order valence-corrected chi connectivity index (χ0v) is 14.4. The van der Waals surface area contributed by atoms with E-state index in [4.69, 9.17) is 9.47 Å². The number of piperidine rings is 1. The van der Waals surface area contributed by atoms with Crippen molar-refractivity contribution in [2.75, 3.05) is 24.6 Å². The van der Waals surface area contributed by atoms with Crippen LogP contribution in [0.3, 0.4) is 0 Å². The van der Waals surface area contributed by atoms with E-state index in [1.807, 2.05) is 20.0 Å². The van der Waals surface area contributed by atoms with Gasteiger partial charge in [-0.15, -0.1) is 0 Å². The van der Waals surface area contributed by atoms with Gasteiger partial charge in [0.1, 0.15) is 0 Å². The predicted molar refractivity (Wildman–Crippen MR) is 90.9 cm³/mol. The van der Waals surface area contributed by atoms with Crippen molar-refractivity contribution in [3.63, 3.8) is 0 Å². The van der Waals surface area contributed by atoms with Crippen LogP contribution in [0.15, 0.2) is 12.4 Å². The van der Waals surface area contributed by atoms with Crippen molar-refractivity contribution < 1.29 is 9.47 Å². The number of ether oxygens (including phenoxy) is 2. The Bertz CT molecular complexity index is 481. The first kappa shape index (κ1) is 16.5. The van der Waals surface area contributed by atoms with Gasteiger partial charge in [-0.1, -0.05) is 12.8 Å². The van der Waals surface area contributed by atoms with Crippen LogP contribution in [0.4, 0.5) is 5.82 Å². The van der Waals surface area contributed by atoms with Crippen LogP contribution in [-0.2, 0) is 4.74 Å². The lowest BCUT2D eigenvalue weighted by Gasteiger charge is -2.33. The Morgan fingerprint density at radius 1 is 1.13 bits per heavy atom. The largest absolute Gasteiger partial charge is 0.474 e. The smallest absolute Gasteiger partial charge is 0.234 e. The maximum Gasteiger partial charge on any atom is 0.234 e. The number of rotatable bonds is 6. The van der Waals surface area contributed by atoms with Crippen LogP contribution in [0.1, 0.15) is 52.4 Å². The highest BCUT2D eigenvalue weighted by atomic mass is 16.5. The molecule has 0 spiro atoms. The van der Waals surface area contributed by atoms with Gasteiger partial charge in [0.25, 0.3) is 0 Å². The molecule has 0 N–H and O–H groups in total. The van der Waals surface area contributed by atoms with Gasteiger partial charge in [-0.25, -0.2) is 0 Å². The lowest BCUT2D eigenvalue weighted by molar-refractivity contribution is 0.0164. The first-order valence-electron chi connectivity index (χ1n) is 9.06. The van der Waals surface area contributed by atoms with Gasteiger partial charge < -0.3 is 14.4 Å². The Kier molecular flexibility index (Phi) is 5.70. The molecule has 2 fully saturated rings. The minimum absolute atomic E-state index is 0.120. The second kappa shape index (κ2) is 7.95. The van der Waals surface area contributed by atoms with Crippen molar-refractivity contribution in [1.29, 1.82) is 0 Å². The van der Waals surface area contributed by atoms with Crippen molar-refractivity contribution >= 4 is 5.82 Å². The summed E-state index contributed by atoms with van der Waals surface area (Å²) < 4.78 is 11.8. The summed E-state index contributed by atoms with van der Waals surface area (Å²) in [6.07, 6.45) is 11.7. The van der Waals surface area contributed by atoms with Gasteiger partial charge >= 0.3 is 0 Å². The van der Waals surface area contributed by atoms with Crippen LogP contribution >= 0.6 is 0 Å². The highest BCUT2D eigenvalue weighted by Crippen LogP contribution is 2.27. The summed E-state index contributed by atoms with van der Waals surface area (Å²) in [5.74, 6) is 2.33. The third-order valence-electron chi connectivity index (χ3n) is 4.76. The fourth-order valence-electron chi connectivity index (χ4n) is 3.49. The average Bonchev–Trinajstić information content (AvgIpc) is 3.06. The molecule has 0 amide bonds. The Labute approximate surface area is 139 Å². The Morgan fingerprint density at radius 3 is 2.57 bits per heavy atom. The van der Waals surface area contributed by atoms with Crippen molar-refractivity contribution in [3.05, 3.63) is 12.4 Å². The van der Waals surface area contributed by atoms with Crippen molar-refractivity contribution in [2.24, 2.45) is 5.92 Å². The molecule has 128 valence electrons. The maximum absolute atomic E-state index is 6.14. The van der Waals surface area contributed by atoms with E-state index < -0.39 is 0 Å². The average molecular weight is 319 g/mol. The van der Waals surface area contributed by atoms with Gasteiger partial charge in [0.15, 0.2) is 5.82 Å².